The van der Waals surface area contributed by atoms with Crippen molar-refractivity contribution in [3.8, 4) is 0 Å². The van der Waals surface area contributed by atoms with E-state index in [4.69, 9.17) is 9.90 Å². The van der Waals surface area contributed by atoms with Gasteiger partial charge < -0.3 is 5.11 Å². The summed E-state index contributed by atoms with van der Waals surface area (Å²) in [5.41, 5.74) is 8.98. The summed E-state index contributed by atoms with van der Waals surface area (Å²) in [5.74, 6) is 0. The lowest BCUT2D eigenvalue weighted by Gasteiger charge is -2.11. The summed E-state index contributed by atoms with van der Waals surface area (Å²) in [6.45, 7) is 19.1. The first-order valence-electron chi connectivity index (χ1n) is 13.7. The van der Waals surface area contributed by atoms with Gasteiger partial charge in [0.2, 0.25) is 0 Å². The molecular formula is C33H56O2. The van der Waals surface area contributed by atoms with E-state index in [1.54, 1.807) is 11.1 Å². The van der Waals surface area contributed by atoms with E-state index >= 15 is 0 Å². The summed E-state index contributed by atoms with van der Waals surface area (Å²) < 4.78 is 0. The van der Waals surface area contributed by atoms with E-state index in [2.05, 4.69) is 85.4 Å². The minimum Gasteiger partial charge on any atom is -0.483 e. The summed E-state index contributed by atoms with van der Waals surface area (Å²) in [4.78, 5) is 8.36. The molecule has 0 aromatic carbocycles. The lowest BCUT2D eigenvalue weighted by Crippen LogP contribution is -1.91. The summed E-state index contributed by atoms with van der Waals surface area (Å²) >= 11 is 0. The quantitative estimate of drug-likeness (QED) is 0.208. The molecule has 1 aliphatic rings. The van der Waals surface area contributed by atoms with Crippen LogP contribution < -0.4 is 0 Å². The number of carboxylic acid groups (broad SMARTS) is 1. The van der Waals surface area contributed by atoms with Crippen molar-refractivity contribution in [3.05, 3.63) is 70.4 Å². The van der Waals surface area contributed by atoms with Gasteiger partial charge >= 0.3 is 0 Å². The van der Waals surface area contributed by atoms with Crippen LogP contribution in [0.15, 0.2) is 70.4 Å². The Bertz CT molecular complexity index is 705. The first-order valence-corrected chi connectivity index (χ1v) is 13.7. The Morgan fingerprint density at radius 2 is 1.31 bits per heavy atom. The second-order valence-corrected chi connectivity index (χ2v) is 10.1. The van der Waals surface area contributed by atoms with Gasteiger partial charge in [-0.25, -0.2) is 0 Å². The normalized spacial score (nSPS) is 13.3. The number of carbonyl (C=O) groups is 1. The van der Waals surface area contributed by atoms with E-state index in [0.717, 1.165) is 19.3 Å². The highest BCUT2D eigenvalue weighted by atomic mass is 16.3. The van der Waals surface area contributed by atoms with Crippen LogP contribution in [0.25, 0.3) is 0 Å². The van der Waals surface area contributed by atoms with E-state index in [1.165, 1.54) is 86.5 Å². The Morgan fingerprint density at radius 3 is 1.74 bits per heavy atom. The van der Waals surface area contributed by atoms with Gasteiger partial charge in [-0.2, -0.15) is 0 Å². The fourth-order valence-electron chi connectivity index (χ4n) is 3.72. The van der Waals surface area contributed by atoms with Gasteiger partial charge in [-0.1, -0.05) is 77.3 Å². The van der Waals surface area contributed by atoms with Crippen molar-refractivity contribution in [2.45, 2.75) is 132 Å². The van der Waals surface area contributed by atoms with Crippen molar-refractivity contribution < 1.29 is 9.90 Å². The molecule has 0 aromatic heterocycles. The van der Waals surface area contributed by atoms with Crippen LogP contribution in [0.5, 0.6) is 0 Å². The van der Waals surface area contributed by atoms with Crippen molar-refractivity contribution >= 4 is 6.47 Å². The van der Waals surface area contributed by atoms with Gasteiger partial charge in [0.25, 0.3) is 6.47 Å². The zero-order valence-corrected chi connectivity index (χ0v) is 24.2. The van der Waals surface area contributed by atoms with Gasteiger partial charge in [-0.05, 0) is 125 Å². The number of hydrogen-bond donors (Lipinski definition) is 1. The maximum Gasteiger partial charge on any atom is 0.290 e. The molecule has 2 heteroatoms. The summed E-state index contributed by atoms with van der Waals surface area (Å²) in [6.07, 6.45) is 28.2. The highest BCUT2D eigenvalue weighted by Gasteiger charge is 2.02. The monoisotopic (exact) mass is 484 g/mol. The van der Waals surface area contributed by atoms with Crippen LogP contribution in [-0.4, -0.2) is 11.6 Å². The van der Waals surface area contributed by atoms with Crippen LogP contribution in [0.3, 0.4) is 0 Å². The molecule has 0 atom stereocenters. The van der Waals surface area contributed by atoms with Crippen molar-refractivity contribution in [1.82, 2.24) is 0 Å². The predicted octanol–water partition coefficient (Wildman–Crippen LogP) is 11.1. The fourth-order valence-corrected chi connectivity index (χ4v) is 3.72. The van der Waals surface area contributed by atoms with Gasteiger partial charge in [-0.15, -0.1) is 0 Å². The molecule has 0 aliphatic heterocycles. The van der Waals surface area contributed by atoms with Crippen LogP contribution in [0.1, 0.15) is 132 Å². The first kappa shape index (κ1) is 35.1. The standard InChI is InChI=1S/C17H28.C15H26.CH2O2/c1-15(2)9-7-10-16(3)11-8-14-17-12-5-4-6-13-17;1-6-14(4)10-8-12-15(5)11-7-9-13(2)3;2-1-3/h9,11-12H,4-8,10,13-14H2,1-3H3;9,12H,4,6-8,10-11H2,1-3,5H3;1H,(H,2,3)/b16-11+;15-12+;. The molecule has 0 fully saturated rings. The molecule has 0 unspecified atom stereocenters. The maximum atomic E-state index is 8.36. The average Bonchev–Trinajstić information content (AvgIpc) is 2.80. The molecule has 1 rings (SSSR count). The number of hydrogen-bond acceptors (Lipinski definition) is 1. The zero-order chi connectivity index (χ0) is 26.9. The highest BCUT2D eigenvalue weighted by molar-refractivity contribution is 5.32. The molecule has 200 valence electrons. The van der Waals surface area contributed by atoms with Gasteiger partial charge in [0.1, 0.15) is 0 Å². The minimum atomic E-state index is -0.250. The minimum absolute atomic E-state index is 0.250. The molecule has 0 spiro atoms. The third-order valence-electron chi connectivity index (χ3n) is 6.02. The molecule has 35 heavy (non-hydrogen) atoms. The molecule has 0 saturated carbocycles. The molecule has 0 aromatic rings. The maximum absolute atomic E-state index is 8.36. The fraction of sp³-hybridized carbons (Fsp3) is 0.606. The Labute approximate surface area is 218 Å². The van der Waals surface area contributed by atoms with Crippen molar-refractivity contribution in [2.24, 2.45) is 0 Å². The Kier molecular flexibility index (Phi) is 25.1. The van der Waals surface area contributed by atoms with E-state index in [-0.39, 0.29) is 6.47 Å². The van der Waals surface area contributed by atoms with Gasteiger partial charge in [0.05, 0.1) is 0 Å². The second kappa shape index (κ2) is 25.0. The second-order valence-electron chi connectivity index (χ2n) is 10.1. The third kappa shape index (κ3) is 28.0. The van der Waals surface area contributed by atoms with Gasteiger partial charge in [0.15, 0.2) is 0 Å². The SMILES string of the molecule is C=C(CC)CC/C=C(\C)CCC=C(C)C.CC(C)=CCC/C(C)=C/CCC1=CCCCC1.O=CO. The highest BCUT2D eigenvalue weighted by Crippen LogP contribution is 2.22. The molecule has 0 radical (unpaired) electrons. The van der Waals surface area contributed by atoms with Crippen LogP contribution >= 0.6 is 0 Å². The van der Waals surface area contributed by atoms with Crippen molar-refractivity contribution in [1.29, 1.82) is 0 Å². The lowest BCUT2D eigenvalue weighted by atomic mass is 9.95. The van der Waals surface area contributed by atoms with Gasteiger partial charge in [0, 0.05) is 0 Å². The van der Waals surface area contributed by atoms with Crippen molar-refractivity contribution in [3.63, 3.8) is 0 Å². The molecule has 0 amide bonds. The van der Waals surface area contributed by atoms with E-state index in [1.807, 2.05) is 0 Å². The molecule has 0 bridgehead atoms. The third-order valence-corrected chi connectivity index (χ3v) is 6.02. The molecule has 1 aliphatic carbocycles. The smallest absolute Gasteiger partial charge is 0.290 e. The zero-order valence-electron chi connectivity index (χ0n) is 24.2. The van der Waals surface area contributed by atoms with E-state index in [0.29, 0.717) is 0 Å². The predicted molar refractivity (Wildman–Crippen MR) is 158 cm³/mol. The van der Waals surface area contributed by atoms with Crippen LogP contribution in [0, 0.1) is 0 Å². The Hall–Kier alpha value is -2.09. The number of rotatable bonds is 13. The molecule has 1 N–H and O–H groups in total. The van der Waals surface area contributed by atoms with Crippen LogP contribution in [-0.2, 0) is 4.79 Å². The van der Waals surface area contributed by atoms with E-state index < -0.39 is 0 Å². The van der Waals surface area contributed by atoms with Crippen molar-refractivity contribution in [2.75, 3.05) is 0 Å². The first-order chi connectivity index (χ1) is 16.7. The Morgan fingerprint density at radius 1 is 0.829 bits per heavy atom. The summed E-state index contributed by atoms with van der Waals surface area (Å²) in [6, 6.07) is 0. The lowest BCUT2D eigenvalue weighted by molar-refractivity contribution is -0.122. The van der Waals surface area contributed by atoms with Gasteiger partial charge in [-0.3, -0.25) is 4.79 Å². The largest absolute Gasteiger partial charge is 0.483 e. The Balaban J connectivity index is 0. The molecule has 0 saturated heterocycles. The number of allylic oxidation sites excluding steroid dienone is 11. The molecule has 2 nitrogen and oxygen atoms in total. The molecular weight excluding hydrogens is 428 g/mol. The van der Waals surface area contributed by atoms with Crippen LogP contribution in [0.4, 0.5) is 0 Å². The summed E-state index contributed by atoms with van der Waals surface area (Å²) in [7, 11) is 0. The van der Waals surface area contributed by atoms with Crippen LogP contribution in [0.2, 0.25) is 0 Å². The topological polar surface area (TPSA) is 37.3 Å². The molecule has 0 heterocycles. The summed E-state index contributed by atoms with van der Waals surface area (Å²) in [5, 5.41) is 6.89. The average molecular weight is 485 g/mol. The van der Waals surface area contributed by atoms with E-state index in [9.17, 15) is 0 Å².